The van der Waals surface area contributed by atoms with Crippen LogP contribution in [0.15, 0.2) is 29.6 Å². The molecule has 0 aliphatic rings. The van der Waals surface area contributed by atoms with Crippen LogP contribution in [-0.2, 0) is 17.9 Å². The van der Waals surface area contributed by atoms with Crippen molar-refractivity contribution < 1.29 is 14.3 Å². The first-order chi connectivity index (χ1) is 12.5. The van der Waals surface area contributed by atoms with E-state index in [0.717, 1.165) is 17.1 Å². The largest absolute Gasteiger partial charge is 0.493 e. The Labute approximate surface area is 160 Å². The van der Waals surface area contributed by atoms with Gasteiger partial charge in [0.1, 0.15) is 11.6 Å². The highest BCUT2D eigenvalue weighted by Gasteiger charge is 2.22. The second-order valence-electron chi connectivity index (χ2n) is 6.55. The average Bonchev–Trinajstić information content (AvgIpc) is 3.10. The summed E-state index contributed by atoms with van der Waals surface area (Å²) in [6.45, 7) is 8.97. The van der Waals surface area contributed by atoms with Crippen LogP contribution in [0.5, 0.6) is 11.5 Å². The number of hydrogen-bond donors (Lipinski definition) is 0. The number of hydrogen-bond acceptors (Lipinski definition) is 5. The molecule has 0 saturated carbocycles. The van der Waals surface area contributed by atoms with Crippen LogP contribution < -0.4 is 9.47 Å². The van der Waals surface area contributed by atoms with E-state index in [1.807, 2.05) is 48.4 Å². The molecular formula is C20H28N2O3S. The number of carbonyl (C=O) groups is 1. The van der Waals surface area contributed by atoms with Crippen LogP contribution in [0, 0.1) is 5.92 Å². The van der Waals surface area contributed by atoms with Gasteiger partial charge in [0.2, 0.25) is 5.91 Å². The van der Waals surface area contributed by atoms with E-state index >= 15 is 0 Å². The van der Waals surface area contributed by atoms with E-state index in [-0.39, 0.29) is 17.9 Å². The van der Waals surface area contributed by atoms with Gasteiger partial charge in [0.15, 0.2) is 11.5 Å². The van der Waals surface area contributed by atoms with Gasteiger partial charge < -0.3 is 14.4 Å². The van der Waals surface area contributed by atoms with Gasteiger partial charge in [-0.3, -0.25) is 4.79 Å². The molecule has 2 rings (SSSR count). The average molecular weight is 377 g/mol. The summed E-state index contributed by atoms with van der Waals surface area (Å²) in [4.78, 5) is 19.1. The smallest absolute Gasteiger partial charge is 0.225 e. The number of amides is 1. The van der Waals surface area contributed by atoms with Crippen LogP contribution in [0.1, 0.15) is 44.8 Å². The minimum Gasteiger partial charge on any atom is -0.493 e. The molecule has 26 heavy (non-hydrogen) atoms. The number of methoxy groups -OCH3 is 1. The van der Waals surface area contributed by atoms with E-state index in [9.17, 15) is 4.79 Å². The van der Waals surface area contributed by atoms with Crippen LogP contribution in [0.25, 0.3) is 0 Å². The van der Waals surface area contributed by atoms with E-state index in [4.69, 9.17) is 9.47 Å². The molecule has 1 amide bonds. The van der Waals surface area contributed by atoms with Crippen molar-refractivity contribution in [2.24, 2.45) is 5.92 Å². The Hall–Kier alpha value is -2.08. The molecule has 1 aromatic heterocycles. The third-order valence-electron chi connectivity index (χ3n) is 4.25. The van der Waals surface area contributed by atoms with Crippen molar-refractivity contribution in [1.29, 1.82) is 0 Å². The standard InChI is InChI=1S/C20H28N2O3S/c1-6-15(4)22(20(23)14(2)3)11-16-13-26-19(21-16)12-25-18-10-8-7-9-17(18)24-5/h7-10,13-15H,6,11-12H2,1-5H3/t15-/m0/s1. The zero-order chi connectivity index (χ0) is 19.1. The summed E-state index contributed by atoms with van der Waals surface area (Å²) >= 11 is 1.55. The first-order valence-corrected chi connectivity index (χ1v) is 9.83. The normalized spacial score (nSPS) is 12.1. The summed E-state index contributed by atoms with van der Waals surface area (Å²) in [6.07, 6.45) is 0.923. The Kier molecular flexibility index (Phi) is 7.45. The van der Waals surface area contributed by atoms with Crippen molar-refractivity contribution in [3.05, 3.63) is 40.3 Å². The Bertz CT molecular complexity index is 715. The molecule has 0 unspecified atom stereocenters. The van der Waals surface area contributed by atoms with Gasteiger partial charge in [-0.1, -0.05) is 32.9 Å². The predicted molar refractivity (Wildman–Crippen MR) is 105 cm³/mol. The third-order valence-corrected chi connectivity index (χ3v) is 5.12. The number of rotatable bonds is 9. The highest BCUT2D eigenvalue weighted by Crippen LogP contribution is 2.27. The minimum absolute atomic E-state index is 0.0176. The fourth-order valence-corrected chi connectivity index (χ4v) is 3.24. The van der Waals surface area contributed by atoms with Gasteiger partial charge >= 0.3 is 0 Å². The SMILES string of the molecule is CC[C@H](C)N(Cc1csc(COc2ccccc2OC)n1)C(=O)C(C)C. The fourth-order valence-electron chi connectivity index (χ4n) is 2.54. The number of para-hydroxylation sites is 2. The molecule has 6 heteroatoms. The molecule has 0 aliphatic heterocycles. The molecule has 1 atom stereocenters. The van der Waals surface area contributed by atoms with Gasteiger partial charge in [0, 0.05) is 17.3 Å². The number of benzene rings is 1. The van der Waals surface area contributed by atoms with Crippen LogP contribution in [0.3, 0.4) is 0 Å². The zero-order valence-electron chi connectivity index (χ0n) is 16.2. The van der Waals surface area contributed by atoms with Gasteiger partial charge in [0.25, 0.3) is 0 Å². The molecule has 142 valence electrons. The number of thiazole rings is 1. The van der Waals surface area contributed by atoms with Gasteiger partial charge in [-0.25, -0.2) is 4.98 Å². The van der Waals surface area contributed by atoms with E-state index in [0.29, 0.717) is 24.7 Å². The lowest BCUT2D eigenvalue weighted by Crippen LogP contribution is -2.40. The maximum Gasteiger partial charge on any atom is 0.225 e. The lowest BCUT2D eigenvalue weighted by atomic mass is 10.1. The molecule has 0 spiro atoms. The van der Waals surface area contributed by atoms with Crippen molar-refractivity contribution in [1.82, 2.24) is 9.88 Å². The Morgan fingerprint density at radius 1 is 1.23 bits per heavy atom. The summed E-state index contributed by atoms with van der Waals surface area (Å²) in [5.41, 5.74) is 0.905. The zero-order valence-corrected chi connectivity index (χ0v) is 17.0. The van der Waals surface area contributed by atoms with Crippen LogP contribution >= 0.6 is 11.3 Å². The number of ether oxygens (including phenoxy) is 2. The van der Waals surface area contributed by atoms with E-state index in [1.165, 1.54) is 0 Å². The second-order valence-corrected chi connectivity index (χ2v) is 7.49. The molecule has 0 radical (unpaired) electrons. The Morgan fingerprint density at radius 3 is 2.54 bits per heavy atom. The minimum atomic E-state index is -0.0176. The lowest BCUT2D eigenvalue weighted by Gasteiger charge is -2.29. The van der Waals surface area contributed by atoms with E-state index < -0.39 is 0 Å². The first kappa shape index (κ1) is 20.2. The molecule has 5 nitrogen and oxygen atoms in total. The van der Waals surface area contributed by atoms with Gasteiger partial charge in [0.05, 0.1) is 19.3 Å². The summed E-state index contributed by atoms with van der Waals surface area (Å²) in [7, 11) is 1.62. The monoisotopic (exact) mass is 376 g/mol. The molecule has 0 N–H and O–H groups in total. The second kappa shape index (κ2) is 9.57. The van der Waals surface area contributed by atoms with Gasteiger partial charge in [-0.15, -0.1) is 11.3 Å². The fraction of sp³-hybridized carbons (Fsp3) is 0.500. The third kappa shape index (κ3) is 5.21. The highest BCUT2D eigenvalue weighted by atomic mass is 32.1. The van der Waals surface area contributed by atoms with Crippen LogP contribution in [0.2, 0.25) is 0 Å². The Morgan fingerprint density at radius 2 is 1.92 bits per heavy atom. The number of aromatic nitrogens is 1. The molecule has 0 aliphatic carbocycles. The summed E-state index contributed by atoms with van der Waals surface area (Å²) in [6, 6.07) is 7.75. The van der Waals surface area contributed by atoms with Crippen molar-refractivity contribution in [3.8, 4) is 11.5 Å². The highest BCUT2D eigenvalue weighted by molar-refractivity contribution is 7.09. The van der Waals surface area contributed by atoms with E-state index in [2.05, 4.69) is 18.8 Å². The van der Waals surface area contributed by atoms with Crippen LogP contribution in [0.4, 0.5) is 0 Å². The van der Waals surface area contributed by atoms with Crippen molar-refractivity contribution in [2.45, 2.75) is 53.3 Å². The van der Waals surface area contributed by atoms with Crippen molar-refractivity contribution in [2.75, 3.05) is 7.11 Å². The van der Waals surface area contributed by atoms with Crippen molar-refractivity contribution in [3.63, 3.8) is 0 Å². The van der Waals surface area contributed by atoms with Crippen LogP contribution in [-0.4, -0.2) is 28.9 Å². The molecule has 1 heterocycles. The maximum absolute atomic E-state index is 12.5. The topological polar surface area (TPSA) is 51.7 Å². The lowest BCUT2D eigenvalue weighted by molar-refractivity contribution is -0.137. The summed E-state index contributed by atoms with van der Waals surface area (Å²) in [5, 5.41) is 2.89. The Balaban J connectivity index is 2.02. The summed E-state index contributed by atoms with van der Waals surface area (Å²) < 4.78 is 11.1. The van der Waals surface area contributed by atoms with Gasteiger partial charge in [-0.2, -0.15) is 0 Å². The summed E-state index contributed by atoms with van der Waals surface area (Å²) in [5.74, 6) is 1.55. The molecule has 0 fully saturated rings. The molecule has 2 aromatic rings. The number of nitrogens with zero attached hydrogens (tertiary/aromatic N) is 2. The first-order valence-electron chi connectivity index (χ1n) is 8.95. The predicted octanol–water partition coefficient (Wildman–Crippen LogP) is 4.51. The molecule has 0 bridgehead atoms. The maximum atomic E-state index is 12.5. The van der Waals surface area contributed by atoms with Crippen molar-refractivity contribution >= 4 is 17.2 Å². The molecule has 0 saturated heterocycles. The number of carbonyl (C=O) groups excluding carboxylic acids is 1. The molecule has 1 aromatic carbocycles. The molecular weight excluding hydrogens is 348 g/mol. The van der Waals surface area contributed by atoms with E-state index in [1.54, 1.807) is 18.4 Å². The quantitative estimate of drug-likeness (QED) is 0.646. The van der Waals surface area contributed by atoms with Gasteiger partial charge in [-0.05, 0) is 25.5 Å².